The lowest BCUT2D eigenvalue weighted by Gasteiger charge is -2.34. The summed E-state index contributed by atoms with van der Waals surface area (Å²) in [5.41, 5.74) is 1.31. The van der Waals surface area contributed by atoms with Gasteiger partial charge in [0.15, 0.2) is 0 Å². The Labute approximate surface area is 197 Å². The minimum absolute atomic E-state index is 0.108. The Kier molecular flexibility index (Phi) is 8.20. The van der Waals surface area contributed by atoms with Crippen LogP contribution in [-0.2, 0) is 16.1 Å². The lowest BCUT2D eigenvalue weighted by atomic mass is 9.80. The zero-order chi connectivity index (χ0) is 25.0. The zero-order valence-electron chi connectivity index (χ0n) is 19.8. The molecule has 1 saturated carbocycles. The van der Waals surface area contributed by atoms with E-state index < -0.39 is 18.4 Å². The van der Waals surface area contributed by atoms with E-state index in [1.54, 1.807) is 13.0 Å². The summed E-state index contributed by atoms with van der Waals surface area (Å²) in [6, 6.07) is 4.05. The van der Waals surface area contributed by atoms with Crippen molar-refractivity contribution in [2.75, 3.05) is 18.0 Å². The van der Waals surface area contributed by atoms with E-state index in [2.05, 4.69) is 9.64 Å². The highest BCUT2D eigenvalue weighted by Crippen LogP contribution is 2.35. The molecule has 0 radical (unpaired) electrons. The summed E-state index contributed by atoms with van der Waals surface area (Å²) >= 11 is 0. The molecule has 1 aromatic rings. The molecule has 1 aliphatic heterocycles. The van der Waals surface area contributed by atoms with Crippen molar-refractivity contribution in [1.29, 1.82) is 0 Å². The van der Waals surface area contributed by atoms with Gasteiger partial charge in [0.05, 0.1) is 12.6 Å². The van der Waals surface area contributed by atoms with Gasteiger partial charge in [-0.2, -0.15) is 0 Å². The Morgan fingerprint density at radius 2 is 1.85 bits per heavy atom. The van der Waals surface area contributed by atoms with Crippen molar-refractivity contribution in [2.45, 2.75) is 77.9 Å². The van der Waals surface area contributed by atoms with Gasteiger partial charge in [0.2, 0.25) is 0 Å². The number of rotatable bonds is 9. The number of alkyl halides is 3. The number of benzene rings is 1. The molecule has 1 saturated heterocycles. The maximum absolute atomic E-state index is 12.8. The quantitative estimate of drug-likeness (QED) is 0.502. The van der Waals surface area contributed by atoms with Gasteiger partial charge < -0.3 is 19.5 Å². The third-order valence-corrected chi connectivity index (χ3v) is 6.95. The van der Waals surface area contributed by atoms with Crippen molar-refractivity contribution < 1.29 is 37.3 Å². The third-order valence-electron chi connectivity index (χ3n) is 6.95. The van der Waals surface area contributed by atoms with Crippen molar-refractivity contribution in [3.8, 4) is 5.75 Å². The molecule has 7 nitrogen and oxygen atoms in total. The molecule has 2 fully saturated rings. The Morgan fingerprint density at radius 1 is 1.21 bits per heavy atom. The molecule has 2 unspecified atom stereocenters. The number of anilines is 1. The second-order valence-electron chi connectivity index (χ2n) is 9.32. The average Bonchev–Trinajstić information content (AvgIpc) is 2.98. The first-order chi connectivity index (χ1) is 16.0. The minimum atomic E-state index is -4.81. The summed E-state index contributed by atoms with van der Waals surface area (Å²) in [5.74, 6) is -0.541. The number of hydrogen-bond donors (Lipinski definition) is 1. The highest BCUT2D eigenvalue weighted by atomic mass is 19.4. The molecule has 1 amide bonds. The van der Waals surface area contributed by atoms with Gasteiger partial charge in [-0.15, -0.1) is 13.2 Å². The van der Waals surface area contributed by atoms with E-state index in [4.69, 9.17) is 9.84 Å². The van der Waals surface area contributed by atoms with E-state index in [0.717, 1.165) is 31.4 Å². The van der Waals surface area contributed by atoms with Crippen LogP contribution in [0.1, 0.15) is 58.4 Å². The van der Waals surface area contributed by atoms with Crippen LogP contribution in [0.15, 0.2) is 18.2 Å². The van der Waals surface area contributed by atoms with E-state index in [1.165, 1.54) is 17.0 Å². The molecule has 0 bridgehead atoms. The van der Waals surface area contributed by atoms with Crippen molar-refractivity contribution >= 4 is 17.7 Å². The largest absolute Gasteiger partial charge is 0.573 e. The Balaban J connectivity index is 1.80. The Morgan fingerprint density at radius 3 is 2.38 bits per heavy atom. The number of cyclic esters (lactones) is 1. The van der Waals surface area contributed by atoms with Crippen molar-refractivity contribution in [3.63, 3.8) is 0 Å². The lowest BCUT2D eigenvalue weighted by molar-refractivity contribution is -0.274. The molecule has 2 atom stereocenters. The molecular formula is C24H33F3N2O5. The zero-order valence-corrected chi connectivity index (χ0v) is 19.8. The molecular weight excluding hydrogens is 453 g/mol. The summed E-state index contributed by atoms with van der Waals surface area (Å²) in [6.45, 7) is 7.06. The predicted molar refractivity (Wildman–Crippen MR) is 120 cm³/mol. The molecule has 1 heterocycles. The van der Waals surface area contributed by atoms with Gasteiger partial charge in [0, 0.05) is 25.2 Å². The number of amides is 1. The van der Waals surface area contributed by atoms with Crippen molar-refractivity contribution in [2.24, 2.45) is 11.8 Å². The first-order valence-corrected chi connectivity index (χ1v) is 11.8. The number of halogens is 3. The van der Waals surface area contributed by atoms with Crippen LogP contribution >= 0.6 is 0 Å². The van der Waals surface area contributed by atoms with Gasteiger partial charge in [-0.3, -0.25) is 9.69 Å². The molecule has 190 valence electrons. The summed E-state index contributed by atoms with van der Waals surface area (Å²) in [5, 5.41) is 9.03. The molecule has 0 spiro atoms. The first kappa shape index (κ1) is 26.0. The minimum Gasteiger partial charge on any atom is -0.481 e. The molecule has 1 N–H and O–H groups in total. The van der Waals surface area contributed by atoms with Gasteiger partial charge in [0.25, 0.3) is 0 Å². The van der Waals surface area contributed by atoms with Crippen LogP contribution in [0.4, 0.5) is 23.7 Å². The smallest absolute Gasteiger partial charge is 0.481 e. The Hall–Kier alpha value is -2.65. The molecule has 34 heavy (non-hydrogen) atoms. The molecule has 2 aliphatic rings. The number of aliphatic carboxylic acids is 1. The predicted octanol–water partition coefficient (Wildman–Crippen LogP) is 5.42. The van der Waals surface area contributed by atoms with Gasteiger partial charge in [-0.05, 0) is 82.1 Å². The number of hydrogen-bond acceptors (Lipinski definition) is 5. The maximum Gasteiger partial charge on any atom is 0.573 e. The summed E-state index contributed by atoms with van der Waals surface area (Å²) in [7, 11) is 0. The van der Waals surface area contributed by atoms with Crippen LogP contribution < -0.4 is 9.64 Å². The van der Waals surface area contributed by atoms with E-state index in [1.807, 2.05) is 13.8 Å². The number of carbonyl (C=O) groups is 2. The molecule has 3 rings (SSSR count). The van der Waals surface area contributed by atoms with Crippen molar-refractivity contribution in [1.82, 2.24) is 4.90 Å². The fraction of sp³-hybridized carbons (Fsp3) is 0.667. The van der Waals surface area contributed by atoms with Crippen LogP contribution in [0.25, 0.3) is 0 Å². The second-order valence-corrected chi connectivity index (χ2v) is 9.32. The number of carbonyl (C=O) groups excluding carboxylic acids is 1. The number of nitrogens with zero attached hydrogens (tertiary/aromatic N) is 2. The van der Waals surface area contributed by atoms with Crippen LogP contribution in [-0.4, -0.2) is 53.7 Å². The SMILES string of the molecule is CCN(CC1CCC(CC(=O)O)CC1)c1ccc(OC(F)(F)F)cc1CN1C(=O)OC(C)C1C. The van der Waals surface area contributed by atoms with E-state index in [9.17, 15) is 22.8 Å². The highest BCUT2D eigenvalue weighted by molar-refractivity contribution is 5.71. The van der Waals surface area contributed by atoms with E-state index in [-0.39, 0.29) is 36.8 Å². The standard InChI is InChI=1S/C24H33F3N2O5/c1-4-28(13-18-7-5-17(6-8-18)11-22(30)31)21-10-9-20(34-24(25,26)27)12-19(21)14-29-15(2)16(3)33-23(29)32/h9-10,12,15-18H,4-8,11,13-14H2,1-3H3,(H,30,31). The van der Waals surface area contributed by atoms with Crippen LogP contribution in [0.5, 0.6) is 5.75 Å². The molecule has 0 aromatic heterocycles. The van der Waals surface area contributed by atoms with Gasteiger partial charge >= 0.3 is 18.4 Å². The topological polar surface area (TPSA) is 79.3 Å². The van der Waals surface area contributed by atoms with E-state index >= 15 is 0 Å². The van der Waals surface area contributed by atoms with Gasteiger partial charge in [-0.25, -0.2) is 4.79 Å². The summed E-state index contributed by atoms with van der Waals surface area (Å²) in [6.07, 6.45) is -1.90. The normalized spacial score (nSPS) is 25.2. The fourth-order valence-corrected chi connectivity index (χ4v) is 4.91. The number of carboxylic acids is 1. The maximum atomic E-state index is 12.8. The van der Waals surface area contributed by atoms with Gasteiger partial charge in [-0.1, -0.05) is 0 Å². The first-order valence-electron chi connectivity index (χ1n) is 11.8. The fourth-order valence-electron chi connectivity index (χ4n) is 4.91. The third kappa shape index (κ3) is 6.70. The Bertz CT molecular complexity index is 871. The van der Waals surface area contributed by atoms with E-state index in [0.29, 0.717) is 24.6 Å². The highest BCUT2D eigenvalue weighted by Gasteiger charge is 2.37. The lowest BCUT2D eigenvalue weighted by Crippen LogP contribution is -2.35. The van der Waals surface area contributed by atoms with Crippen LogP contribution in [0.3, 0.4) is 0 Å². The molecule has 10 heteroatoms. The van der Waals surface area contributed by atoms with Gasteiger partial charge in [0.1, 0.15) is 11.9 Å². The average molecular weight is 487 g/mol. The number of carboxylic acid groups (broad SMARTS) is 1. The number of ether oxygens (including phenoxy) is 2. The van der Waals surface area contributed by atoms with Crippen molar-refractivity contribution in [3.05, 3.63) is 23.8 Å². The second kappa shape index (κ2) is 10.7. The molecule has 1 aromatic carbocycles. The molecule has 1 aliphatic carbocycles. The van der Waals surface area contributed by atoms with Crippen LogP contribution in [0.2, 0.25) is 0 Å². The monoisotopic (exact) mass is 486 g/mol. The van der Waals surface area contributed by atoms with Crippen LogP contribution in [0, 0.1) is 11.8 Å². The summed E-state index contributed by atoms with van der Waals surface area (Å²) < 4.78 is 48.0. The summed E-state index contributed by atoms with van der Waals surface area (Å²) in [4.78, 5) is 27.0.